The first-order chi connectivity index (χ1) is 8.72. The molecule has 0 heterocycles. The fourth-order valence-corrected chi connectivity index (χ4v) is 2.12. The third-order valence-corrected chi connectivity index (χ3v) is 3.15. The van der Waals surface area contributed by atoms with Gasteiger partial charge >= 0.3 is 0 Å². The Morgan fingerprint density at radius 1 is 1.17 bits per heavy atom. The van der Waals surface area contributed by atoms with Crippen LogP contribution in [0, 0.1) is 0 Å². The fourth-order valence-electron chi connectivity index (χ4n) is 2.12. The minimum Gasteiger partial charge on any atom is -0.366 e. The van der Waals surface area contributed by atoms with Crippen molar-refractivity contribution in [1.82, 2.24) is 0 Å². The van der Waals surface area contributed by atoms with Gasteiger partial charge in [0.1, 0.15) is 0 Å². The highest BCUT2D eigenvalue weighted by Gasteiger charge is 2.03. The summed E-state index contributed by atoms with van der Waals surface area (Å²) in [5.74, 6) is -0.322. The van der Waals surface area contributed by atoms with Crippen LogP contribution in [0.25, 0.3) is 10.8 Å². The van der Waals surface area contributed by atoms with Gasteiger partial charge in [-0.25, -0.2) is 0 Å². The summed E-state index contributed by atoms with van der Waals surface area (Å²) in [6.07, 6.45) is 3.36. The molecule has 0 atom stereocenters. The Morgan fingerprint density at radius 3 is 2.61 bits per heavy atom. The summed E-state index contributed by atoms with van der Waals surface area (Å²) in [4.78, 5) is 11.2. The van der Waals surface area contributed by atoms with Gasteiger partial charge in [0.05, 0.1) is 0 Å². The Kier molecular flexibility index (Phi) is 3.78. The number of primary amides is 1. The van der Waals surface area contributed by atoms with Gasteiger partial charge in [0.25, 0.3) is 0 Å². The van der Waals surface area contributed by atoms with Crippen molar-refractivity contribution in [3.63, 3.8) is 0 Å². The molecule has 2 rings (SSSR count). The molecule has 0 unspecified atom stereocenters. The third-order valence-electron chi connectivity index (χ3n) is 3.15. The summed E-state index contributed by atoms with van der Waals surface area (Å²) in [5, 5.41) is 2.46. The molecule has 0 fully saturated rings. The van der Waals surface area contributed by atoms with Crippen molar-refractivity contribution in [2.75, 3.05) is 0 Å². The maximum Gasteiger partial charge on any atom is 0.244 e. The standard InChI is InChI=1S/C16H17NO/c1-2-12(16(17)18)10-11-14-8-5-7-13-6-3-4-9-15(13)14/h3-10H,2,11H2,1H3,(H2,17,18)/b12-10+. The second-order valence-corrected chi connectivity index (χ2v) is 4.29. The monoisotopic (exact) mass is 239 g/mol. The number of carbonyl (C=O) groups excluding carboxylic acids is 1. The predicted molar refractivity (Wildman–Crippen MR) is 75.2 cm³/mol. The van der Waals surface area contributed by atoms with Crippen LogP contribution in [0.2, 0.25) is 0 Å². The molecule has 2 N–H and O–H groups in total. The molecule has 0 bridgehead atoms. The van der Waals surface area contributed by atoms with Gasteiger partial charge in [0, 0.05) is 5.57 Å². The molecule has 92 valence electrons. The van der Waals surface area contributed by atoms with Crippen LogP contribution in [0.5, 0.6) is 0 Å². The van der Waals surface area contributed by atoms with E-state index in [0.717, 1.165) is 6.42 Å². The van der Waals surface area contributed by atoms with E-state index in [4.69, 9.17) is 5.73 Å². The Labute approximate surface area is 107 Å². The number of benzene rings is 2. The van der Waals surface area contributed by atoms with E-state index < -0.39 is 0 Å². The molecule has 0 saturated carbocycles. The zero-order valence-corrected chi connectivity index (χ0v) is 10.5. The lowest BCUT2D eigenvalue weighted by molar-refractivity contribution is -0.114. The smallest absolute Gasteiger partial charge is 0.244 e. The topological polar surface area (TPSA) is 43.1 Å². The van der Waals surface area contributed by atoms with E-state index in [1.54, 1.807) is 0 Å². The van der Waals surface area contributed by atoms with Crippen molar-refractivity contribution in [1.29, 1.82) is 0 Å². The molecular weight excluding hydrogens is 222 g/mol. The second kappa shape index (κ2) is 5.50. The predicted octanol–water partition coefficient (Wildman–Crippen LogP) is 3.20. The van der Waals surface area contributed by atoms with E-state index in [1.807, 2.05) is 31.2 Å². The number of allylic oxidation sites excluding steroid dienone is 1. The molecule has 2 nitrogen and oxygen atoms in total. The first kappa shape index (κ1) is 12.4. The average molecular weight is 239 g/mol. The van der Waals surface area contributed by atoms with E-state index in [9.17, 15) is 4.79 Å². The largest absolute Gasteiger partial charge is 0.366 e. The van der Waals surface area contributed by atoms with Crippen molar-refractivity contribution >= 4 is 16.7 Å². The number of carbonyl (C=O) groups is 1. The molecule has 0 aliphatic rings. The van der Waals surface area contributed by atoms with E-state index >= 15 is 0 Å². The van der Waals surface area contributed by atoms with Gasteiger partial charge in [-0.15, -0.1) is 0 Å². The van der Waals surface area contributed by atoms with E-state index in [2.05, 4.69) is 24.3 Å². The molecule has 0 aliphatic heterocycles. The SMILES string of the molecule is CC/C(=C\Cc1cccc2ccccc12)C(N)=O. The lowest BCUT2D eigenvalue weighted by atomic mass is 10.0. The molecule has 1 amide bonds. The molecular formula is C16H17NO. The van der Waals surface area contributed by atoms with Gasteiger partial charge in [-0.05, 0) is 29.2 Å². The van der Waals surface area contributed by atoms with Crippen LogP contribution < -0.4 is 5.73 Å². The summed E-state index contributed by atoms with van der Waals surface area (Å²) >= 11 is 0. The van der Waals surface area contributed by atoms with Crippen LogP contribution in [-0.2, 0) is 11.2 Å². The number of rotatable bonds is 4. The Hall–Kier alpha value is -2.09. The van der Waals surface area contributed by atoms with Gasteiger partial charge in [-0.1, -0.05) is 55.5 Å². The van der Waals surface area contributed by atoms with Crippen molar-refractivity contribution in [2.45, 2.75) is 19.8 Å². The summed E-state index contributed by atoms with van der Waals surface area (Å²) in [6, 6.07) is 14.5. The van der Waals surface area contributed by atoms with Crippen LogP contribution in [0.15, 0.2) is 54.1 Å². The van der Waals surface area contributed by atoms with E-state index in [0.29, 0.717) is 12.0 Å². The Bertz CT molecular complexity index is 594. The van der Waals surface area contributed by atoms with Gasteiger partial charge in [0.15, 0.2) is 0 Å². The van der Waals surface area contributed by atoms with Gasteiger partial charge in [-0.3, -0.25) is 4.79 Å². The van der Waals surface area contributed by atoms with Gasteiger partial charge in [0.2, 0.25) is 5.91 Å². The average Bonchev–Trinajstić information content (AvgIpc) is 2.39. The van der Waals surface area contributed by atoms with E-state index in [-0.39, 0.29) is 5.91 Å². The number of hydrogen-bond donors (Lipinski definition) is 1. The summed E-state index contributed by atoms with van der Waals surface area (Å²) < 4.78 is 0. The van der Waals surface area contributed by atoms with E-state index in [1.165, 1.54) is 16.3 Å². The summed E-state index contributed by atoms with van der Waals surface area (Å²) in [5.41, 5.74) is 7.24. The maximum absolute atomic E-state index is 11.2. The highest BCUT2D eigenvalue weighted by Crippen LogP contribution is 2.19. The summed E-state index contributed by atoms with van der Waals surface area (Å²) in [7, 11) is 0. The van der Waals surface area contributed by atoms with Crippen molar-refractivity contribution < 1.29 is 4.79 Å². The highest BCUT2D eigenvalue weighted by molar-refractivity contribution is 5.92. The van der Waals surface area contributed by atoms with Crippen molar-refractivity contribution in [2.24, 2.45) is 5.73 Å². The first-order valence-corrected chi connectivity index (χ1v) is 6.18. The zero-order chi connectivity index (χ0) is 13.0. The molecule has 0 saturated heterocycles. The molecule has 0 radical (unpaired) electrons. The quantitative estimate of drug-likeness (QED) is 0.818. The number of fused-ring (bicyclic) bond motifs is 1. The number of amides is 1. The van der Waals surface area contributed by atoms with Crippen molar-refractivity contribution in [3.8, 4) is 0 Å². The Morgan fingerprint density at radius 2 is 1.89 bits per heavy atom. The van der Waals surface area contributed by atoms with Gasteiger partial charge in [-0.2, -0.15) is 0 Å². The maximum atomic E-state index is 11.2. The highest BCUT2D eigenvalue weighted by atomic mass is 16.1. The lowest BCUT2D eigenvalue weighted by Crippen LogP contribution is -2.13. The second-order valence-electron chi connectivity index (χ2n) is 4.29. The number of hydrogen-bond acceptors (Lipinski definition) is 1. The fraction of sp³-hybridized carbons (Fsp3) is 0.188. The zero-order valence-electron chi connectivity index (χ0n) is 10.5. The Balaban J connectivity index is 2.35. The normalized spacial score (nSPS) is 11.7. The van der Waals surface area contributed by atoms with Crippen LogP contribution >= 0.6 is 0 Å². The molecule has 2 aromatic carbocycles. The van der Waals surface area contributed by atoms with Crippen LogP contribution in [0.1, 0.15) is 18.9 Å². The molecule has 2 heteroatoms. The van der Waals surface area contributed by atoms with Crippen LogP contribution in [-0.4, -0.2) is 5.91 Å². The van der Waals surface area contributed by atoms with Crippen molar-refractivity contribution in [3.05, 3.63) is 59.7 Å². The molecule has 0 spiro atoms. The van der Waals surface area contributed by atoms with Crippen LogP contribution in [0.4, 0.5) is 0 Å². The lowest BCUT2D eigenvalue weighted by Gasteiger charge is -2.05. The minimum absolute atomic E-state index is 0.322. The molecule has 2 aromatic rings. The minimum atomic E-state index is -0.322. The molecule has 18 heavy (non-hydrogen) atoms. The van der Waals surface area contributed by atoms with Crippen LogP contribution in [0.3, 0.4) is 0 Å². The van der Waals surface area contributed by atoms with Gasteiger partial charge < -0.3 is 5.73 Å². The first-order valence-electron chi connectivity index (χ1n) is 6.18. The number of nitrogens with two attached hydrogens (primary N) is 1. The summed E-state index contributed by atoms with van der Waals surface area (Å²) in [6.45, 7) is 1.94. The third kappa shape index (κ3) is 2.59. The molecule has 0 aliphatic carbocycles. The molecule has 0 aromatic heterocycles.